The third-order valence-corrected chi connectivity index (χ3v) is 29.5. The quantitative estimate of drug-likeness (QED) is 0.0174. The summed E-state index contributed by atoms with van der Waals surface area (Å²) in [6, 6.07) is 41.4. The minimum Gasteiger partial charge on any atom is -0.506 e. The molecule has 38 heteroatoms. The van der Waals surface area contributed by atoms with Crippen LogP contribution in [0.2, 0.25) is 10.0 Å². The fourth-order valence-electron chi connectivity index (χ4n) is 15.8. The minimum absolute atomic E-state index is 0.0302. The van der Waals surface area contributed by atoms with E-state index in [0.717, 1.165) is 159 Å². The molecule has 662 valence electrons. The number of nitrogen functional groups attached to an aromatic ring is 3. The van der Waals surface area contributed by atoms with Gasteiger partial charge in [-0.25, -0.2) is 24.0 Å². The molecule has 7 heterocycles. The van der Waals surface area contributed by atoms with Gasteiger partial charge in [-0.15, -0.1) is 0 Å². The van der Waals surface area contributed by atoms with Gasteiger partial charge in [0.25, 0.3) is 0 Å². The van der Waals surface area contributed by atoms with Crippen molar-refractivity contribution in [3.63, 3.8) is 0 Å². The van der Waals surface area contributed by atoms with Gasteiger partial charge in [0.2, 0.25) is 0 Å². The van der Waals surface area contributed by atoms with Crippen molar-refractivity contribution in [3.8, 4) is 57.5 Å². The van der Waals surface area contributed by atoms with Gasteiger partial charge in [0.15, 0.2) is 52.6 Å². The van der Waals surface area contributed by atoms with E-state index in [1.165, 1.54) is 45.5 Å². The van der Waals surface area contributed by atoms with E-state index >= 15 is 0 Å². The Morgan fingerprint density at radius 1 is 0.349 bits per heavy atom. The standard InChI is InChI=1S/C19H16I2N2O6.C19H17NO8.C18H17I2NO5.C16H15ClI2N2O.C16H15ClI2N2/c20-11-3-8(4-12(21)16(11)22)5-13-10-7-15-14(6-9(10)1-2-23-13)28-19(29-15,17(24)25)18(26)27;21-13-7-10-3-4-20-12(11(10)8-14(13)22)5-9-1-2-15-16(6-9)28-19(27-15,17(23)24)18(25)26;19-12-3-9(4-13(20)18(12)26-8-17(24)25)5-14-11-7-16(23)15(22)6-10(11)1-2-21-14;17-11-7-10-9(6-15(11)22)1-2-21-14(10)5-8-3-12(18)16(20)13(19)4-8;17-11-2-1-10-3-4-21-15(12(10)8-11)7-9-5-13(18)16(20)14(19)6-9/h3-4,6-7,13,23H,1-2,5,22H2,(H,24,25)(H,26,27);1-2,6-8,12,20-22H,3-5H2,(H,23,24)(H,25,26);3-4,6-7,14,21-23H,1-2,5,8H2,(H,24,25);3-4,6-7,14,21-22H,1-2,5,20H2;1-2,5-6,8,15,21H,3-4,7,20H2. The number of benzene rings is 10. The lowest BCUT2D eigenvalue weighted by Gasteiger charge is -2.28. The molecular formula is C88H80Cl2I8N8O20. The Labute approximate surface area is 841 Å². The molecule has 5 atom stereocenters. The van der Waals surface area contributed by atoms with Crippen LogP contribution < -0.4 is 67.5 Å². The van der Waals surface area contributed by atoms with Gasteiger partial charge in [-0.3, -0.25) is 0 Å². The maximum atomic E-state index is 11.5. The molecule has 21 N–H and O–H groups in total. The second-order valence-electron chi connectivity index (χ2n) is 30.4. The molecule has 0 fully saturated rings. The monoisotopic (exact) mass is 2650 g/mol. The first-order valence-electron chi connectivity index (χ1n) is 38.9. The summed E-state index contributed by atoms with van der Waals surface area (Å²) < 4.78 is 34.1. The van der Waals surface area contributed by atoms with Crippen molar-refractivity contribution in [1.82, 2.24) is 26.6 Å². The van der Waals surface area contributed by atoms with Gasteiger partial charge < -0.3 is 119 Å². The van der Waals surface area contributed by atoms with Gasteiger partial charge >= 0.3 is 41.4 Å². The fraction of sp³-hybridized carbons (Fsp3) is 0.261. The highest BCUT2D eigenvalue weighted by Crippen LogP contribution is 2.47. The van der Waals surface area contributed by atoms with Crippen LogP contribution in [-0.2, 0) is 88.2 Å². The number of phenolic OH excluding ortho intramolecular Hbond substituents is 5. The number of fused-ring (bicyclic) bond motifs is 7. The normalized spacial score (nSPS) is 17.9. The predicted molar refractivity (Wildman–Crippen MR) is 540 cm³/mol. The summed E-state index contributed by atoms with van der Waals surface area (Å²) in [5.74, 6) is -13.0. The maximum absolute atomic E-state index is 11.5. The van der Waals surface area contributed by atoms with Gasteiger partial charge in [0, 0.05) is 56.7 Å². The third-order valence-electron chi connectivity index (χ3n) is 22.0. The average Bonchev–Trinajstić information content (AvgIpc) is 1.60. The number of aliphatic carboxylic acids is 5. The summed E-state index contributed by atoms with van der Waals surface area (Å²) in [5, 5.41) is 113. The summed E-state index contributed by atoms with van der Waals surface area (Å²) in [6.45, 7) is 3.78. The summed E-state index contributed by atoms with van der Waals surface area (Å²) in [4.78, 5) is 56.4. The summed E-state index contributed by atoms with van der Waals surface area (Å²) >= 11 is 30.1. The molecule has 0 bridgehead atoms. The maximum Gasteiger partial charge on any atom is 0.453 e. The molecule has 126 heavy (non-hydrogen) atoms. The van der Waals surface area contributed by atoms with E-state index < -0.39 is 41.4 Å². The Balaban J connectivity index is 0.000000136. The number of carboxylic acid groups (broad SMARTS) is 5. The molecule has 28 nitrogen and oxygen atoms in total. The van der Waals surface area contributed by atoms with Crippen LogP contribution in [0.25, 0.3) is 0 Å². The number of nitrogens with two attached hydrogens (primary N) is 3. The first-order valence-corrected chi connectivity index (χ1v) is 48.3. The van der Waals surface area contributed by atoms with Crippen molar-refractivity contribution in [3.05, 3.63) is 256 Å². The van der Waals surface area contributed by atoms with E-state index in [-0.39, 0.29) is 82.5 Å². The van der Waals surface area contributed by atoms with Crippen LogP contribution in [0.1, 0.15) is 114 Å². The number of carboxylic acids is 5. The van der Waals surface area contributed by atoms with Gasteiger partial charge in [-0.05, 0) is 482 Å². The Morgan fingerprint density at radius 2 is 0.651 bits per heavy atom. The highest BCUT2D eigenvalue weighted by atomic mass is 127. The number of rotatable bonds is 17. The zero-order valence-corrected chi connectivity index (χ0v) is 84.7. The number of carbonyl (C=O) groups is 5. The number of ether oxygens (including phenoxy) is 5. The first kappa shape index (κ1) is 96.7. The van der Waals surface area contributed by atoms with Gasteiger partial charge in [-0.2, -0.15) is 0 Å². The number of aromatic hydroxyl groups is 5. The minimum atomic E-state index is -2.79. The molecule has 7 aliphatic rings. The molecule has 0 radical (unpaired) electrons. The molecule has 10 aromatic carbocycles. The van der Waals surface area contributed by atoms with Crippen LogP contribution in [0, 0.1) is 28.6 Å². The summed E-state index contributed by atoms with van der Waals surface area (Å²) in [5.41, 5.74) is 36.9. The number of halogens is 10. The lowest BCUT2D eigenvalue weighted by molar-refractivity contribution is -0.195. The fourth-order valence-corrected chi connectivity index (χ4v) is 24.1. The van der Waals surface area contributed by atoms with E-state index in [4.69, 9.17) is 69.2 Å². The molecule has 0 aromatic heterocycles. The Morgan fingerprint density at radius 3 is 1.03 bits per heavy atom. The van der Waals surface area contributed by atoms with Crippen LogP contribution in [-0.4, -0.2) is 132 Å². The zero-order chi connectivity index (χ0) is 90.7. The van der Waals surface area contributed by atoms with Crippen LogP contribution >= 0.6 is 204 Å². The lowest BCUT2D eigenvalue weighted by Crippen LogP contribution is -2.54. The number of anilines is 3. The second kappa shape index (κ2) is 41.7. The number of hydrogen-bond acceptors (Lipinski definition) is 23. The SMILES string of the molecule is Nc1c(I)cc(CC2NCCc3cc(O)c(Cl)cc32)cc1I.Nc1c(I)cc(CC2NCCc3cc4c(cc32)OC(C(=O)O)(C(=O)O)O4)cc1I.Nc1c(I)cc(CC2NCCc3ccc(Cl)cc32)cc1I.O=C(O)C1(C(=O)O)Oc2ccc(CC3NCCc4cc(O)c(O)cc43)cc2O1.O=C(O)COc1c(I)cc(CC2NCCc3cc(O)c(O)cc32)cc1I. The molecule has 10 aromatic rings. The van der Waals surface area contributed by atoms with Crippen molar-refractivity contribution < 1.29 is 98.7 Å². The lowest BCUT2D eigenvalue weighted by atomic mass is 9.90. The highest BCUT2D eigenvalue weighted by molar-refractivity contribution is 14.1. The number of hydrogen-bond donors (Lipinski definition) is 18. The van der Waals surface area contributed by atoms with Crippen LogP contribution in [0.5, 0.6) is 57.5 Å². The van der Waals surface area contributed by atoms with E-state index in [9.17, 15) is 69.9 Å². The Bertz CT molecular complexity index is 5840. The van der Waals surface area contributed by atoms with Crippen molar-refractivity contribution in [2.24, 2.45) is 0 Å². The Kier molecular flexibility index (Phi) is 32.0. The molecule has 0 aliphatic carbocycles. The number of phenols is 5. The molecule has 0 amide bonds. The summed E-state index contributed by atoms with van der Waals surface area (Å²) in [7, 11) is 0. The molecule has 17 rings (SSSR count). The highest BCUT2D eigenvalue weighted by Gasteiger charge is 2.59. The first-order chi connectivity index (χ1) is 59.8. The average molecular weight is 2660 g/mol. The predicted octanol–water partition coefficient (Wildman–Crippen LogP) is 15.7. The second-order valence-corrected chi connectivity index (χ2v) is 40.5. The van der Waals surface area contributed by atoms with Gasteiger partial charge in [0.1, 0.15) is 11.5 Å². The van der Waals surface area contributed by atoms with Crippen molar-refractivity contribution in [2.75, 3.05) is 56.5 Å². The molecule has 0 saturated carbocycles. The van der Waals surface area contributed by atoms with E-state index in [1.54, 1.807) is 48.5 Å². The molecule has 5 unspecified atom stereocenters. The van der Waals surface area contributed by atoms with Crippen LogP contribution in [0.4, 0.5) is 17.1 Å². The number of nitrogens with one attached hydrogen (secondary N) is 5. The molecule has 0 saturated heterocycles. The van der Waals surface area contributed by atoms with Crippen LogP contribution in [0.3, 0.4) is 0 Å². The van der Waals surface area contributed by atoms with Crippen molar-refractivity contribution in [1.29, 1.82) is 0 Å². The smallest absolute Gasteiger partial charge is 0.453 e. The Hall–Kier alpha value is -6.83. The molecule has 0 spiro atoms. The topological polar surface area (TPSA) is 472 Å². The largest absolute Gasteiger partial charge is 0.506 e. The van der Waals surface area contributed by atoms with E-state index in [1.807, 2.05) is 36.4 Å². The van der Waals surface area contributed by atoms with Crippen molar-refractivity contribution >= 4 is 251 Å². The van der Waals surface area contributed by atoms with Gasteiger partial charge in [-0.1, -0.05) is 35.3 Å². The molecular weight excluding hydrogens is 2580 g/mol. The zero-order valence-electron chi connectivity index (χ0n) is 66.0. The summed E-state index contributed by atoms with van der Waals surface area (Å²) in [6.07, 6.45) is 7.92. The van der Waals surface area contributed by atoms with E-state index in [0.29, 0.717) is 55.5 Å². The van der Waals surface area contributed by atoms with E-state index in [2.05, 4.69) is 244 Å². The third kappa shape index (κ3) is 22.3. The van der Waals surface area contributed by atoms with Crippen molar-refractivity contribution in [2.45, 2.75) is 106 Å². The molecule has 7 aliphatic heterocycles. The van der Waals surface area contributed by atoms with Gasteiger partial charge in [0.05, 0.1) is 29.2 Å². The van der Waals surface area contributed by atoms with Crippen LogP contribution in [0.15, 0.2) is 133 Å².